The van der Waals surface area contributed by atoms with E-state index in [2.05, 4.69) is 30.9 Å². The lowest BCUT2D eigenvalue weighted by molar-refractivity contribution is -0.345. The fraction of sp³-hybridized carbons (Fsp3) is 0.857. The third-order valence-corrected chi connectivity index (χ3v) is 13.8. The molecule has 8 heterocycles. The lowest BCUT2D eigenvalue weighted by Crippen LogP contribution is -2.63. The van der Waals surface area contributed by atoms with E-state index in [1.807, 2.05) is 0 Å². The molecule has 0 spiro atoms. The molecule has 0 saturated carbocycles. The van der Waals surface area contributed by atoms with Crippen molar-refractivity contribution in [2.24, 2.45) is 0 Å². The van der Waals surface area contributed by atoms with E-state index < -0.39 is 173 Å². The third-order valence-electron chi connectivity index (χ3n) is 13.8. The monoisotopic (exact) mass is 1110 g/mol. The van der Waals surface area contributed by atoms with E-state index in [1.54, 1.807) is 0 Å². The number of hydrogen-bond donors (Lipinski definition) is 17. The highest BCUT2D eigenvalue weighted by Gasteiger charge is 2.52. The van der Waals surface area contributed by atoms with E-state index in [0.29, 0.717) is 11.4 Å². The highest BCUT2D eigenvalue weighted by atomic mass is 16.7. The molecule has 5 fully saturated rings. The van der Waals surface area contributed by atoms with Crippen LogP contribution in [0.1, 0.15) is 23.3 Å². The van der Waals surface area contributed by atoms with Crippen molar-refractivity contribution < 1.29 is 129 Å². The molecule has 3 aromatic heterocycles. The standard InChI is InChI=1S/C42H67N9O26/c52-12-20-24(56)28(60)33(65)39(74-20)69-4-1-15-7-49(46-43-15)10-18-23(55)27(59)36(68)42(73-18)77-37-19(11-50-8-16(44-47-50)2-5-70-40-34(66)29(61)25(57)21(13-53)75-40)72-38(32(64)31(37)63)51-9-17(45-48-51)3-6-71-41-35(67)30(62)26(58)22(14-54)76-41/h7-9,18-42,52-68H,1-6,10-14H2/t18-,19-,20-,21-,22-,23-,24-,25-,26-,27+,28+,29+,30+,31-,32-,33+,34+,35+,36-,37-,38+,39+,40+,41+,42-/m1/s1. The first kappa shape index (κ1) is 59.5. The molecule has 35 heteroatoms. The third kappa shape index (κ3) is 13.4. The summed E-state index contributed by atoms with van der Waals surface area (Å²) in [6.07, 6.45) is -35.2. The first-order valence-electron chi connectivity index (χ1n) is 24.6. The van der Waals surface area contributed by atoms with Gasteiger partial charge in [-0.3, -0.25) is 0 Å². The molecule has 35 nitrogen and oxygen atoms in total. The van der Waals surface area contributed by atoms with Crippen molar-refractivity contribution in [1.29, 1.82) is 0 Å². The number of aliphatic hydroxyl groups excluding tert-OH is 17. The van der Waals surface area contributed by atoms with Crippen LogP contribution in [0.5, 0.6) is 0 Å². The molecule has 436 valence electrons. The predicted molar refractivity (Wildman–Crippen MR) is 238 cm³/mol. The van der Waals surface area contributed by atoms with Crippen LogP contribution in [-0.4, -0.2) is 319 Å². The van der Waals surface area contributed by atoms with E-state index in [-0.39, 0.29) is 57.9 Å². The molecule has 8 rings (SSSR count). The normalized spacial score (nSPS) is 42.0. The second kappa shape index (κ2) is 26.3. The van der Waals surface area contributed by atoms with E-state index >= 15 is 0 Å². The molecular weight excluding hydrogens is 1050 g/mol. The molecule has 5 aliphatic heterocycles. The summed E-state index contributed by atoms with van der Waals surface area (Å²) in [5.41, 5.74) is 0.857. The number of rotatable bonds is 22. The maximum Gasteiger partial charge on any atom is 0.187 e. The Morgan fingerprint density at radius 2 is 0.740 bits per heavy atom. The summed E-state index contributed by atoms with van der Waals surface area (Å²) in [7, 11) is 0. The van der Waals surface area contributed by atoms with Gasteiger partial charge in [0.2, 0.25) is 0 Å². The van der Waals surface area contributed by atoms with Crippen molar-refractivity contribution >= 4 is 0 Å². The Labute approximate surface area is 435 Å². The summed E-state index contributed by atoms with van der Waals surface area (Å²) < 4.78 is 54.8. The second-order valence-electron chi connectivity index (χ2n) is 19.2. The predicted octanol–water partition coefficient (Wildman–Crippen LogP) is -12.2. The molecule has 0 amide bonds. The molecule has 0 radical (unpaired) electrons. The van der Waals surface area contributed by atoms with E-state index in [9.17, 15) is 86.8 Å². The molecule has 0 aromatic carbocycles. The number of hydrogen-bond acceptors (Lipinski definition) is 32. The quantitative estimate of drug-likeness (QED) is 0.0444. The maximum absolute atomic E-state index is 11.8. The zero-order chi connectivity index (χ0) is 55.4. The lowest BCUT2D eigenvalue weighted by Gasteiger charge is -2.46. The van der Waals surface area contributed by atoms with Crippen molar-refractivity contribution in [2.75, 3.05) is 39.6 Å². The van der Waals surface area contributed by atoms with Crippen LogP contribution in [0, 0.1) is 0 Å². The Morgan fingerprint density at radius 3 is 1.17 bits per heavy atom. The zero-order valence-corrected chi connectivity index (χ0v) is 40.7. The molecular formula is C42H67N9O26. The van der Waals surface area contributed by atoms with Crippen LogP contribution in [0.25, 0.3) is 0 Å². The summed E-state index contributed by atoms with van der Waals surface area (Å²) in [5.74, 6) is 0. The lowest BCUT2D eigenvalue weighted by atomic mass is 9.96. The maximum atomic E-state index is 11.8. The Balaban J connectivity index is 0.932. The van der Waals surface area contributed by atoms with Gasteiger partial charge in [-0.15, -0.1) is 15.3 Å². The summed E-state index contributed by atoms with van der Waals surface area (Å²) in [6, 6.07) is 0. The molecule has 0 unspecified atom stereocenters. The van der Waals surface area contributed by atoms with Crippen molar-refractivity contribution in [2.45, 2.75) is 186 Å². The molecule has 0 bridgehead atoms. The highest BCUT2D eigenvalue weighted by Crippen LogP contribution is 2.34. The first-order chi connectivity index (χ1) is 36.8. The molecule has 3 aromatic rings. The minimum absolute atomic E-state index is 0.000493. The topological polar surface area (TPSA) is 519 Å². The number of nitrogens with zero attached hydrogens (tertiary/aromatic N) is 9. The average molecular weight is 1110 g/mol. The highest BCUT2D eigenvalue weighted by molar-refractivity contribution is 5.01. The van der Waals surface area contributed by atoms with Gasteiger partial charge in [-0.25, -0.2) is 14.0 Å². The average Bonchev–Trinajstić information content (AvgIpc) is 4.22. The fourth-order valence-electron chi connectivity index (χ4n) is 9.25. The van der Waals surface area contributed by atoms with Crippen molar-refractivity contribution in [3.63, 3.8) is 0 Å². The minimum Gasteiger partial charge on any atom is -0.394 e. The summed E-state index contributed by atoms with van der Waals surface area (Å²) in [6.45, 7) is -3.08. The molecule has 0 aliphatic carbocycles. The van der Waals surface area contributed by atoms with Crippen LogP contribution in [0.3, 0.4) is 0 Å². The van der Waals surface area contributed by atoms with Gasteiger partial charge in [-0.2, -0.15) is 0 Å². The van der Waals surface area contributed by atoms with E-state index in [1.165, 1.54) is 28.0 Å². The van der Waals surface area contributed by atoms with Gasteiger partial charge in [0.1, 0.15) is 122 Å². The van der Waals surface area contributed by atoms with Gasteiger partial charge in [-0.1, -0.05) is 15.6 Å². The van der Waals surface area contributed by atoms with Crippen molar-refractivity contribution in [3.05, 3.63) is 35.7 Å². The SMILES string of the molecule is OC[C@H]1O[C@H](OCCc2cn(C[C@H]3O[C@H](O[C@H]4[C@H](O)[C@@H](O)[C@@H](n5cc(CCO[C@H]6O[C@H](CO)[C@@H](O)[C@H](O)[C@@H]6O)nn5)O[C@@H]4Cn4cc(CCO[C@H]5O[C@H](CO)[C@@H](O)[C@H](O)[C@@H]5O)nn4)[C@H](O)[C@@H](O)[C@@H]3O)nn2)[C@@H](O)[C@@H](O)[C@@H]1O. The molecule has 17 N–H and O–H groups in total. The van der Waals surface area contributed by atoms with Crippen molar-refractivity contribution in [1.82, 2.24) is 45.0 Å². The Bertz CT molecular complexity index is 2270. The van der Waals surface area contributed by atoms with Gasteiger partial charge < -0.3 is 129 Å². The van der Waals surface area contributed by atoms with Gasteiger partial charge in [0.25, 0.3) is 0 Å². The molecule has 5 aliphatic rings. The fourth-order valence-corrected chi connectivity index (χ4v) is 9.25. The molecule has 5 saturated heterocycles. The smallest absolute Gasteiger partial charge is 0.187 e. The molecule has 25 atom stereocenters. The number of aromatic nitrogens is 9. The van der Waals surface area contributed by atoms with Crippen LogP contribution in [0.4, 0.5) is 0 Å². The Hall–Kier alpha value is -3.62. The zero-order valence-electron chi connectivity index (χ0n) is 40.7. The van der Waals surface area contributed by atoms with Gasteiger partial charge in [0.05, 0.1) is 76.0 Å². The van der Waals surface area contributed by atoms with Crippen LogP contribution in [0.2, 0.25) is 0 Å². The van der Waals surface area contributed by atoms with Crippen molar-refractivity contribution in [3.8, 4) is 0 Å². The van der Waals surface area contributed by atoms with Crippen LogP contribution in [-0.2, 0) is 75.0 Å². The second-order valence-corrected chi connectivity index (χ2v) is 19.2. The number of aliphatic hydroxyl groups is 17. The van der Waals surface area contributed by atoms with E-state index in [0.717, 1.165) is 4.68 Å². The van der Waals surface area contributed by atoms with E-state index in [4.69, 9.17) is 42.6 Å². The Morgan fingerprint density at radius 1 is 0.377 bits per heavy atom. The minimum atomic E-state index is -1.96. The van der Waals surface area contributed by atoms with Gasteiger partial charge >= 0.3 is 0 Å². The molecule has 77 heavy (non-hydrogen) atoms. The van der Waals surface area contributed by atoms with Gasteiger partial charge in [0.15, 0.2) is 31.4 Å². The summed E-state index contributed by atoms with van der Waals surface area (Å²) in [4.78, 5) is 0. The Kier molecular flexibility index (Phi) is 20.3. The largest absolute Gasteiger partial charge is 0.394 e. The summed E-state index contributed by atoms with van der Waals surface area (Å²) >= 11 is 0. The number of ether oxygens (including phenoxy) is 9. The first-order valence-corrected chi connectivity index (χ1v) is 24.6. The van der Waals surface area contributed by atoms with Gasteiger partial charge in [0, 0.05) is 31.7 Å². The van der Waals surface area contributed by atoms with Crippen LogP contribution in [0.15, 0.2) is 18.6 Å². The summed E-state index contributed by atoms with van der Waals surface area (Å²) in [5, 5.41) is 201. The van der Waals surface area contributed by atoms with Crippen LogP contribution < -0.4 is 0 Å². The van der Waals surface area contributed by atoms with Crippen LogP contribution >= 0.6 is 0 Å². The van der Waals surface area contributed by atoms with Gasteiger partial charge in [-0.05, 0) is 0 Å².